The Morgan fingerprint density at radius 2 is 1.95 bits per heavy atom. The summed E-state index contributed by atoms with van der Waals surface area (Å²) in [6.45, 7) is 0.607. The van der Waals surface area contributed by atoms with Crippen LogP contribution in [0.1, 0.15) is 15.9 Å². The van der Waals surface area contributed by atoms with Gasteiger partial charge in [-0.15, -0.1) is 0 Å². The summed E-state index contributed by atoms with van der Waals surface area (Å²) in [5, 5.41) is 2.82. The molecule has 4 nitrogen and oxygen atoms in total. The SMILES string of the molecule is O=C(NCCSCc1ccccc1)c1ccc(=O)[nH]c1. The van der Waals surface area contributed by atoms with Crippen molar-refractivity contribution < 1.29 is 4.79 Å². The molecule has 20 heavy (non-hydrogen) atoms. The number of pyridine rings is 1. The number of nitrogens with one attached hydrogen (secondary N) is 2. The summed E-state index contributed by atoms with van der Waals surface area (Å²) < 4.78 is 0. The number of rotatable bonds is 6. The van der Waals surface area contributed by atoms with Gasteiger partial charge in [0.2, 0.25) is 5.56 Å². The fourth-order valence-corrected chi connectivity index (χ4v) is 2.47. The highest BCUT2D eigenvalue weighted by atomic mass is 32.2. The molecule has 5 heteroatoms. The number of hydrogen-bond acceptors (Lipinski definition) is 3. The predicted octanol–water partition coefficient (Wildman–Crippen LogP) is 2.04. The molecule has 2 rings (SSSR count). The molecule has 1 amide bonds. The van der Waals surface area contributed by atoms with Crippen molar-refractivity contribution in [3.63, 3.8) is 0 Å². The lowest BCUT2D eigenvalue weighted by Gasteiger charge is -2.05. The third-order valence-corrected chi connectivity index (χ3v) is 3.72. The monoisotopic (exact) mass is 288 g/mol. The zero-order chi connectivity index (χ0) is 14.2. The van der Waals surface area contributed by atoms with E-state index in [0.717, 1.165) is 11.5 Å². The van der Waals surface area contributed by atoms with Gasteiger partial charge in [0, 0.05) is 30.3 Å². The molecule has 0 saturated carbocycles. The normalized spacial score (nSPS) is 10.2. The number of carbonyl (C=O) groups is 1. The van der Waals surface area contributed by atoms with E-state index in [1.807, 2.05) is 18.2 Å². The highest BCUT2D eigenvalue weighted by molar-refractivity contribution is 7.98. The van der Waals surface area contributed by atoms with Crippen molar-refractivity contribution in [3.8, 4) is 0 Å². The number of amides is 1. The first-order chi connectivity index (χ1) is 9.75. The summed E-state index contributed by atoms with van der Waals surface area (Å²) in [7, 11) is 0. The molecule has 0 atom stereocenters. The summed E-state index contributed by atoms with van der Waals surface area (Å²) in [6.07, 6.45) is 1.43. The standard InChI is InChI=1S/C15H16N2O2S/c18-14-7-6-13(10-17-14)15(19)16-8-9-20-11-12-4-2-1-3-5-12/h1-7,10H,8-9,11H2,(H,16,19)(H,17,18). The van der Waals surface area contributed by atoms with E-state index in [-0.39, 0.29) is 11.5 Å². The van der Waals surface area contributed by atoms with Crippen molar-refractivity contribution in [2.45, 2.75) is 5.75 Å². The first-order valence-corrected chi connectivity index (χ1v) is 7.50. The molecular formula is C15H16N2O2S. The largest absolute Gasteiger partial charge is 0.351 e. The van der Waals surface area contributed by atoms with Gasteiger partial charge in [-0.2, -0.15) is 11.8 Å². The average molecular weight is 288 g/mol. The zero-order valence-corrected chi connectivity index (χ0v) is 11.8. The van der Waals surface area contributed by atoms with Crippen LogP contribution in [0.25, 0.3) is 0 Å². The fourth-order valence-electron chi connectivity index (χ4n) is 1.65. The van der Waals surface area contributed by atoms with E-state index in [9.17, 15) is 9.59 Å². The molecule has 104 valence electrons. The van der Waals surface area contributed by atoms with Gasteiger partial charge in [0.05, 0.1) is 5.56 Å². The second-order valence-electron chi connectivity index (χ2n) is 4.24. The van der Waals surface area contributed by atoms with Crippen LogP contribution in [0, 0.1) is 0 Å². The van der Waals surface area contributed by atoms with Crippen LogP contribution in [0.15, 0.2) is 53.5 Å². The molecule has 1 aromatic carbocycles. The Labute approximate surface area is 121 Å². The van der Waals surface area contributed by atoms with Crippen LogP contribution in [0.5, 0.6) is 0 Å². The molecule has 0 bridgehead atoms. The topological polar surface area (TPSA) is 62.0 Å². The molecular weight excluding hydrogens is 272 g/mol. The maximum atomic E-state index is 11.7. The minimum atomic E-state index is -0.208. The average Bonchev–Trinajstić information content (AvgIpc) is 2.48. The maximum absolute atomic E-state index is 11.7. The minimum absolute atomic E-state index is 0.165. The van der Waals surface area contributed by atoms with E-state index in [1.54, 1.807) is 11.8 Å². The van der Waals surface area contributed by atoms with Crippen LogP contribution in [-0.4, -0.2) is 23.2 Å². The smallest absolute Gasteiger partial charge is 0.252 e. The van der Waals surface area contributed by atoms with Gasteiger partial charge in [0.1, 0.15) is 0 Å². The van der Waals surface area contributed by atoms with Crippen molar-refractivity contribution in [1.82, 2.24) is 10.3 Å². The number of aromatic amines is 1. The molecule has 0 unspecified atom stereocenters. The summed E-state index contributed by atoms with van der Waals surface area (Å²) in [6, 6.07) is 13.1. The minimum Gasteiger partial charge on any atom is -0.351 e. The summed E-state index contributed by atoms with van der Waals surface area (Å²) in [4.78, 5) is 25.1. The van der Waals surface area contributed by atoms with E-state index < -0.39 is 0 Å². The van der Waals surface area contributed by atoms with Gasteiger partial charge in [0.25, 0.3) is 5.91 Å². The number of hydrogen-bond donors (Lipinski definition) is 2. The van der Waals surface area contributed by atoms with Crippen molar-refractivity contribution in [1.29, 1.82) is 0 Å². The molecule has 1 aromatic heterocycles. The summed E-state index contributed by atoms with van der Waals surface area (Å²) in [5.41, 5.74) is 1.54. The van der Waals surface area contributed by atoms with Crippen LogP contribution in [-0.2, 0) is 5.75 Å². The van der Waals surface area contributed by atoms with Gasteiger partial charge in [-0.05, 0) is 11.6 Å². The molecule has 0 aliphatic heterocycles. The van der Waals surface area contributed by atoms with Crippen LogP contribution in [0.3, 0.4) is 0 Å². The zero-order valence-electron chi connectivity index (χ0n) is 11.0. The van der Waals surface area contributed by atoms with E-state index in [2.05, 4.69) is 22.4 Å². The highest BCUT2D eigenvalue weighted by Crippen LogP contribution is 2.10. The van der Waals surface area contributed by atoms with Crippen LogP contribution >= 0.6 is 11.8 Å². The van der Waals surface area contributed by atoms with Crippen molar-refractivity contribution in [2.75, 3.05) is 12.3 Å². The van der Waals surface area contributed by atoms with Crippen LogP contribution in [0.2, 0.25) is 0 Å². The first-order valence-electron chi connectivity index (χ1n) is 6.34. The van der Waals surface area contributed by atoms with Gasteiger partial charge in [-0.3, -0.25) is 9.59 Å². The molecule has 2 aromatic rings. The van der Waals surface area contributed by atoms with E-state index in [1.165, 1.54) is 23.9 Å². The second kappa shape index (κ2) is 7.55. The van der Waals surface area contributed by atoms with Crippen LogP contribution < -0.4 is 10.9 Å². The molecule has 0 radical (unpaired) electrons. The predicted molar refractivity (Wildman–Crippen MR) is 82.0 cm³/mol. The van der Waals surface area contributed by atoms with Crippen LogP contribution in [0.4, 0.5) is 0 Å². The summed E-state index contributed by atoms with van der Waals surface area (Å²) in [5.74, 6) is 1.63. The Kier molecular flexibility index (Phi) is 5.43. The van der Waals surface area contributed by atoms with Gasteiger partial charge in [-0.1, -0.05) is 30.3 Å². The molecule has 2 N–H and O–H groups in total. The fraction of sp³-hybridized carbons (Fsp3) is 0.200. The van der Waals surface area contributed by atoms with E-state index >= 15 is 0 Å². The first kappa shape index (κ1) is 14.4. The lowest BCUT2D eigenvalue weighted by atomic mass is 10.2. The Hall–Kier alpha value is -2.01. The maximum Gasteiger partial charge on any atom is 0.252 e. The number of benzene rings is 1. The lowest BCUT2D eigenvalue weighted by molar-refractivity contribution is 0.0956. The van der Waals surface area contributed by atoms with Gasteiger partial charge >= 0.3 is 0 Å². The number of thioether (sulfide) groups is 1. The Balaban J connectivity index is 1.67. The number of H-pyrrole nitrogens is 1. The molecule has 0 spiro atoms. The van der Waals surface area contributed by atoms with Crippen molar-refractivity contribution in [2.24, 2.45) is 0 Å². The Morgan fingerprint density at radius 3 is 2.65 bits per heavy atom. The molecule has 1 heterocycles. The second-order valence-corrected chi connectivity index (χ2v) is 5.34. The number of aromatic nitrogens is 1. The Bertz CT molecular complexity index is 590. The molecule has 0 aliphatic rings. The van der Waals surface area contributed by atoms with E-state index in [0.29, 0.717) is 12.1 Å². The van der Waals surface area contributed by atoms with Gasteiger partial charge in [0.15, 0.2) is 0 Å². The van der Waals surface area contributed by atoms with Crippen molar-refractivity contribution in [3.05, 3.63) is 70.1 Å². The number of carbonyl (C=O) groups excluding carboxylic acids is 1. The van der Waals surface area contributed by atoms with Gasteiger partial charge in [-0.25, -0.2) is 0 Å². The lowest BCUT2D eigenvalue weighted by Crippen LogP contribution is -2.26. The third kappa shape index (κ3) is 4.59. The van der Waals surface area contributed by atoms with Crippen molar-refractivity contribution >= 4 is 17.7 Å². The quantitative estimate of drug-likeness (QED) is 0.800. The molecule has 0 fully saturated rings. The Morgan fingerprint density at radius 1 is 1.15 bits per heavy atom. The highest BCUT2D eigenvalue weighted by Gasteiger charge is 2.03. The molecule has 0 saturated heterocycles. The molecule has 0 aliphatic carbocycles. The summed E-state index contributed by atoms with van der Waals surface area (Å²) >= 11 is 1.77. The third-order valence-electron chi connectivity index (χ3n) is 2.69. The van der Waals surface area contributed by atoms with Gasteiger partial charge < -0.3 is 10.3 Å². The van der Waals surface area contributed by atoms with E-state index in [4.69, 9.17) is 0 Å².